The lowest BCUT2D eigenvalue weighted by Crippen LogP contribution is -2.80. The predicted octanol–water partition coefficient (Wildman–Crippen LogP) is 6.38. The summed E-state index contributed by atoms with van der Waals surface area (Å²) >= 11 is 0. The topological polar surface area (TPSA) is 190 Å². The van der Waals surface area contributed by atoms with E-state index in [1.54, 1.807) is 116 Å². The molecular formula is C47H59NO13. The van der Waals surface area contributed by atoms with E-state index in [9.17, 15) is 29.1 Å². The van der Waals surface area contributed by atoms with Gasteiger partial charge in [0.15, 0.2) is 17.5 Å². The molecular weight excluding hydrogens is 787 g/mol. The smallest absolute Gasteiger partial charge is 0.408 e. The van der Waals surface area contributed by atoms with Crippen LogP contribution in [0.15, 0.2) is 71.8 Å². The highest BCUT2D eigenvalue weighted by atomic mass is 16.6. The molecule has 0 radical (unpaired) electrons. The molecule has 14 nitrogen and oxygen atoms in total. The SMILES string of the molecule is CC(=O)O[C@H]1C(=O)[C@@]2(C)[C@H]([C@H](OC(=O)c3ccccc3)[C@]3(O)C[C@H](OC(=O)[C@H](C)C(NC(=O)OC(C)(C)C)c4ccccc4)C(C)=C1C3(C)C)[C@]1(OC(C)=O)CO[C@@H]1C[C@@H]2C. The molecule has 2 aromatic carbocycles. The van der Waals surface area contributed by atoms with E-state index in [2.05, 4.69) is 5.32 Å². The minimum atomic E-state index is -2.20. The van der Waals surface area contributed by atoms with Crippen LogP contribution in [0.4, 0.5) is 4.79 Å². The van der Waals surface area contributed by atoms with Crippen molar-refractivity contribution < 1.29 is 62.3 Å². The van der Waals surface area contributed by atoms with E-state index < -0.39 is 112 Å². The molecule has 61 heavy (non-hydrogen) atoms. The summed E-state index contributed by atoms with van der Waals surface area (Å²) in [4.78, 5) is 83.7. The fourth-order valence-corrected chi connectivity index (χ4v) is 10.3. The molecule has 2 aromatic rings. The van der Waals surface area contributed by atoms with E-state index in [0.717, 1.165) is 0 Å². The van der Waals surface area contributed by atoms with Crippen LogP contribution in [0.25, 0.3) is 0 Å². The average molecular weight is 846 g/mol. The second kappa shape index (κ2) is 16.3. The molecule has 330 valence electrons. The maximum absolute atomic E-state index is 15.7. The molecule has 11 atom stereocenters. The van der Waals surface area contributed by atoms with Gasteiger partial charge in [0.05, 0.1) is 30.0 Å². The van der Waals surface area contributed by atoms with Crippen LogP contribution < -0.4 is 5.32 Å². The van der Waals surface area contributed by atoms with Crippen LogP contribution in [-0.2, 0) is 47.6 Å². The molecule has 1 aliphatic heterocycles. The summed E-state index contributed by atoms with van der Waals surface area (Å²) in [6.07, 6.45) is -6.09. The number of amides is 1. The third-order valence-electron chi connectivity index (χ3n) is 13.6. The van der Waals surface area contributed by atoms with E-state index in [0.29, 0.717) is 11.1 Å². The Morgan fingerprint density at radius 3 is 2.05 bits per heavy atom. The number of alkyl carbamates (subject to hydrolysis) is 1. The minimum absolute atomic E-state index is 0.160. The van der Waals surface area contributed by atoms with Gasteiger partial charge < -0.3 is 38.8 Å². The Morgan fingerprint density at radius 1 is 0.902 bits per heavy atom. The van der Waals surface area contributed by atoms with Gasteiger partial charge in [0.2, 0.25) is 0 Å². The standard InChI is InChI=1S/C47H59NO13/c1-25-22-33-46(24-56-33,60-29(5)50)37-39(59-41(53)31-20-16-13-17-21-31)47(55)23-32(26(2)34(44(47,9)10)36(57-28(4)49)38(51)45(25,37)11)58-40(52)27(3)35(30-18-14-12-15-19-30)48-42(54)61-43(6,7)8/h12-21,25,27,32-33,35-37,39,55H,22-24H2,1-11H3,(H,48,54)/t25-,27+,32-,33+,35?,36+,37-,39-,45+,46-,47+/m0/s1. The Hall–Kier alpha value is -5.08. The molecule has 2 N–H and O–H groups in total. The quantitative estimate of drug-likeness (QED) is 0.161. The summed E-state index contributed by atoms with van der Waals surface area (Å²) in [6.45, 7) is 17.5. The molecule has 2 bridgehead atoms. The monoisotopic (exact) mass is 845 g/mol. The lowest BCUT2D eigenvalue weighted by atomic mass is 9.43. The van der Waals surface area contributed by atoms with Crippen molar-refractivity contribution in [1.82, 2.24) is 5.32 Å². The maximum Gasteiger partial charge on any atom is 0.408 e. The van der Waals surface area contributed by atoms with Gasteiger partial charge in [-0.15, -0.1) is 0 Å². The first kappa shape index (κ1) is 45.4. The average Bonchev–Trinajstić information content (AvgIpc) is 3.17. The fraction of sp³-hybridized carbons (Fsp3) is 0.574. The van der Waals surface area contributed by atoms with Crippen LogP contribution in [0.5, 0.6) is 0 Å². The van der Waals surface area contributed by atoms with Crippen molar-refractivity contribution in [3.63, 3.8) is 0 Å². The van der Waals surface area contributed by atoms with Crippen molar-refractivity contribution in [2.24, 2.45) is 28.6 Å². The predicted molar refractivity (Wildman–Crippen MR) is 219 cm³/mol. The highest BCUT2D eigenvalue weighted by Crippen LogP contribution is 2.65. The summed E-state index contributed by atoms with van der Waals surface area (Å²) in [5.74, 6) is -6.45. The van der Waals surface area contributed by atoms with Gasteiger partial charge in [-0.25, -0.2) is 9.59 Å². The van der Waals surface area contributed by atoms with Crippen molar-refractivity contribution in [2.75, 3.05) is 6.61 Å². The summed E-state index contributed by atoms with van der Waals surface area (Å²) in [6, 6.07) is 16.1. The van der Waals surface area contributed by atoms with Gasteiger partial charge in [-0.3, -0.25) is 19.2 Å². The summed E-state index contributed by atoms with van der Waals surface area (Å²) in [5, 5.41) is 16.6. The van der Waals surface area contributed by atoms with E-state index in [-0.39, 0.29) is 30.6 Å². The summed E-state index contributed by atoms with van der Waals surface area (Å²) in [5.41, 5.74) is -6.43. The first-order valence-electron chi connectivity index (χ1n) is 20.9. The van der Waals surface area contributed by atoms with Gasteiger partial charge in [-0.05, 0) is 75.8 Å². The number of carbonyl (C=O) groups excluding carboxylic acids is 6. The first-order valence-corrected chi connectivity index (χ1v) is 20.9. The number of ketones is 1. The maximum atomic E-state index is 15.7. The molecule has 3 fully saturated rings. The Kier molecular flexibility index (Phi) is 12.2. The Labute approximate surface area is 357 Å². The Bertz CT molecular complexity index is 2090. The zero-order chi connectivity index (χ0) is 45.0. The number of hydrogen-bond donors (Lipinski definition) is 2. The van der Waals surface area contributed by atoms with Crippen LogP contribution in [0.1, 0.15) is 111 Å². The van der Waals surface area contributed by atoms with Crippen molar-refractivity contribution in [2.45, 2.75) is 136 Å². The molecule has 4 aliphatic rings. The largest absolute Gasteiger partial charge is 0.457 e. The van der Waals surface area contributed by atoms with Crippen molar-refractivity contribution in [3.8, 4) is 0 Å². The fourth-order valence-electron chi connectivity index (χ4n) is 10.3. The van der Waals surface area contributed by atoms with Crippen LogP contribution in [0, 0.1) is 28.6 Å². The Balaban J connectivity index is 1.54. The summed E-state index contributed by atoms with van der Waals surface area (Å²) < 4.78 is 36.7. The van der Waals surface area contributed by atoms with Crippen LogP contribution in [0.2, 0.25) is 0 Å². The van der Waals surface area contributed by atoms with E-state index in [4.69, 9.17) is 28.4 Å². The second-order valence-corrected chi connectivity index (χ2v) is 18.9. The first-order chi connectivity index (χ1) is 28.4. The number of aliphatic hydroxyl groups is 1. The number of carbonyl (C=O) groups is 6. The molecule has 3 aliphatic carbocycles. The minimum Gasteiger partial charge on any atom is -0.457 e. The number of fused-ring (bicyclic) bond motifs is 5. The number of hydrogen-bond acceptors (Lipinski definition) is 13. The van der Waals surface area contributed by atoms with Crippen LogP contribution in [0.3, 0.4) is 0 Å². The number of esters is 4. The van der Waals surface area contributed by atoms with Gasteiger partial charge in [-0.1, -0.05) is 76.2 Å². The van der Waals surface area contributed by atoms with Gasteiger partial charge in [-0.2, -0.15) is 0 Å². The van der Waals surface area contributed by atoms with Crippen molar-refractivity contribution in [3.05, 3.63) is 82.9 Å². The molecule has 0 aromatic heterocycles. The van der Waals surface area contributed by atoms with Crippen LogP contribution >= 0.6 is 0 Å². The highest BCUT2D eigenvalue weighted by molar-refractivity contribution is 5.95. The normalized spacial score (nSPS) is 32.5. The molecule has 0 spiro atoms. The number of nitrogens with one attached hydrogen (secondary N) is 1. The lowest BCUT2D eigenvalue weighted by Gasteiger charge is -2.68. The molecule has 1 saturated heterocycles. The van der Waals surface area contributed by atoms with Gasteiger partial charge in [0.25, 0.3) is 0 Å². The molecule has 1 amide bonds. The third kappa shape index (κ3) is 7.97. The van der Waals surface area contributed by atoms with Gasteiger partial charge in [0.1, 0.15) is 29.5 Å². The summed E-state index contributed by atoms with van der Waals surface area (Å²) in [7, 11) is 0. The van der Waals surface area contributed by atoms with E-state index >= 15 is 4.79 Å². The highest BCUT2D eigenvalue weighted by Gasteiger charge is 2.77. The van der Waals surface area contributed by atoms with E-state index in [1.807, 2.05) is 6.92 Å². The molecule has 1 unspecified atom stereocenters. The number of Topliss-reactive ketones (excluding diaryl/α,β-unsaturated/α-hetero) is 1. The second-order valence-electron chi connectivity index (χ2n) is 18.9. The third-order valence-corrected chi connectivity index (χ3v) is 13.6. The van der Waals surface area contributed by atoms with Crippen molar-refractivity contribution >= 4 is 35.8 Å². The van der Waals surface area contributed by atoms with E-state index in [1.165, 1.54) is 13.8 Å². The molecule has 14 heteroatoms. The number of rotatable bonds is 9. The van der Waals surface area contributed by atoms with Crippen molar-refractivity contribution in [1.29, 1.82) is 0 Å². The molecule has 1 heterocycles. The number of ether oxygens (including phenoxy) is 6. The lowest BCUT2D eigenvalue weighted by molar-refractivity contribution is -0.340. The number of benzene rings is 2. The molecule has 2 saturated carbocycles. The zero-order valence-corrected chi connectivity index (χ0v) is 36.9. The van der Waals surface area contributed by atoms with Gasteiger partial charge >= 0.3 is 30.0 Å². The Morgan fingerprint density at radius 2 is 1.51 bits per heavy atom. The van der Waals surface area contributed by atoms with Crippen LogP contribution in [-0.4, -0.2) is 88.7 Å². The van der Waals surface area contributed by atoms with Gasteiger partial charge in [0, 0.05) is 31.1 Å². The molecule has 6 rings (SSSR count). The zero-order valence-electron chi connectivity index (χ0n) is 36.9.